The molecular weight excluding hydrogens is 212 g/mol. The zero-order valence-corrected chi connectivity index (χ0v) is 8.25. The maximum atomic E-state index is 11.0. The Kier molecular flexibility index (Phi) is 3.66. The highest BCUT2D eigenvalue weighted by molar-refractivity contribution is 6.03. The number of carboxylic acid groups (broad SMARTS) is 1. The van der Waals surface area contributed by atoms with E-state index in [1.54, 1.807) is 0 Å². The number of aliphatic carboxylic acids is 1. The summed E-state index contributed by atoms with van der Waals surface area (Å²) >= 11 is 0. The van der Waals surface area contributed by atoms with Gasteiger partial charge in [-0.1, -0.05) is 0 Å². The molecule has 0 aliphatic heterocycles. The minimum absolute atomic E-state index is 0.0912. The van der Waals surface area contributed by atoms with Gasteiger partial charge in [-0.2, -0.15) is 0 Å². The van der Waals surface area contributed by atoms with Gasteiger partial charge in [0.25, 0.3) is 0 Å². The SMILES string of the molecule is O=C(O)CC(=O)/C=C/c1ccc(O)cc1O. The molecule has 0 aliphatic rings. The van der Waals surface area contributed by atoms with Gasteiger partial charge in [0.15, 0.2) is 5.78 Å². The van der Waals surface area contributed by atoms with Crippen molar-refractivity contribution in [2.24, 2.45) is 0 Å². The van der Waals surface area contributed by atoms with Crippen LogP contribution in [0.15, 0.2) is 24.3 Å². The Morgan fingerprint density at radius 1 is 1.25 bits per heavy atom. The molecule has 0 bridgehead atoms. The van der Waals surface area contributed by atoms with Crippen LogP contribution in [0.5, 0.6) is 11.5 Å². The number of phenolic OH excluding ortho intramolecular Hbond substituents is 2. The van der Waals surface area contributed by atoms with Gasteiger partial charge in [-0.3, -0.25) is 9.59 Å². The number of allylic oxidation sites excluding steroid dienone is 1. The van der Waals surface area contributed by atoms with E-state index >= 15 is 0 Å². The van der Waals surface area contributed by atoms with Crippen molar-refractivity contribution >= 4 is 17.8 Å². The number of phenols is 2. The van der Waals surface area contributed by atoms with Crippen LogP contribution in [-0.4, -0.2) is 27.1 Å². The third-order valence-corrected chi connectivity index (χ3v) is 1.79. The van der Waals surface area contributed by atoms with Crippen LogP contribution in [0.1, 0.15) is 12.0 Å². The molecule has 0 spiro atoms. The minimum atomic E-state index is -1.20. The molecule has 16 heavy (non-hydrogen) atoms. The van der Waals surface area contributed by atoms with Gasteiger partial charge in [0.05, 0.1) is 0 Å². The third-order valence-electron chi connectivity index (χ3n) is 1.79. The molecule has 0 heterocycles. The summed E-state index contributed by atoms with van der Waals surface area (Å²) < 4.78 is 0. The lowest BCUT2D eigenvalue weighted by Crippen LogP contribution is -2.02. The molecule has 1 aromatic rings. The maximum absolute atomic E-state index is 11.0. The smallest absolute Gasteiger partial charge is 0.311 e. The monoisotopic (exact) mass is 222 g/mol. The van der Waals surface area contributed by atoms with Crippen molar-refractivity contribution in [3.05, 3.63) is 29.8 Å². The van der Waals surface area contributed by atoms with Crippen molar-refractivity contribution in [1.82, 2.24) is 0 Å². The van der Waals surface area contributed by atoms with E-state index in [0.29, 0.717) is 5.56 Å². The van der Waals surface area contributed by atoms with Gasteiger partial charge in [-0.25, -0.2) is 0 Å². The molecule has 0 aliphatic carbocycles. The lowest BCUT2D eigenvalue weighted by atomic mass is 10.1. The van der Waals surface area contributed by atoms with Crippen LogP contribution in [0.25, 0.3) is 6.08 Å². The number of carboxylic acids is 1. The highest BCUT2D eigenvalue weighted by Crippen LogP contribution is 2.23. The van der Waals surface area contributed by atoms with Crippen LogP contribution in [0, 0.1) is 0 Å². The second kappa shape index (κ2) is 4.97. The standard InChI is InChI=1S/C11H10O5/c12-8-3-1-7(10(14)5-8)2-4-9(13)6-11(15)16/h1-5,12,14H,6H2,(H,15,16)/b4-2+. The van der Waals surface area contributed by atoms with Crippen LogP contribution in [0.3, 0.4) is 0 Å². The summed E-state index contributed by atoms with van der Waals surface area (Å²) in [6.45, 7) is 0. The molecule has 0 atom stereocenters. The van der Waals surface area contributed by atoms with E-state index in [9.17, 15) is 14.7 Å². The highest BCUT2D eigenvalue weighted by Gasteiger charge is 2.04. The van der Waals surface area contributed by atoms with Gasteiger partial charge in [0.1, 0.15) is 17.9 Å². The number of carbonyl (C=O) groups is 2. The van der Waals surface area contributed by atoms with Crippen molar-refractivity contribution in [3.8, 4) is 11.5 Å². The summed E-state index contributed by atoms with van der Waals surface area (Å²) in [6, 6.07) is 3.89. The van der Waals surface area contributed by atoms with Crippen molar-refractivity contribution < 1.29 is 24.9 Å². The van der Waals surface area contributed by atoms with E-state index in [1.807, 2.05) is 0 Å². The van der Waals surface area contributed by atoms with Crippen molar-refractivity contribution in [3.63, 3.8) is 0 Å². The zero-order valence-electron chi connectivity index (χ0n) is 8.25. The topological polar surface area (TPSA) is 94.8 Å². The normalized spacial score (nSPS) is 10.5. The average molecular weight is 222 g/mol. The predicted molar refractivity (Wildman–Crippen MR) is 56.1 cm³/mol. The van der Waals surface area contributed by atoms with E-state index in [-0.39, 0.29) is 11.5 Å². The van der Waals surface area contributed by atoms with Crippen molar-refractivity contribution in [2.45, 2.75) is 6.42 Å². The Balaban J connectivity index is 2.76. The summed E-state index contributed by atoms with van der Waals surface area (Å²) in [7, 11) is 0. The summed E-state index contributed by atoms with van der Waals surface area (Å²) in [5.74, 6) is -2.05. The predicted octanol–water partition coefficient (Wildman–Crippen LogP) is 1.15. The second-order valence-corrected chi connectivity index (χ2v) is 3.11. The van der Waals surface area contributed by atoms with Crippen molar-refractivity contribution in [2.75, 3.05) is 0 Å². The molecule has 0 radical (unpaired) electrons. The molecule has 0 saturated carbocycles. The second-order valence-electron chi connectivity index (χ2n) is 3.11. The number of ketones is 1. The molecule has 0 amide bonds. The van der Waals surface area contributed by atoms with Crippen LogP contribution < -0.4 is 0 Å². The molecule has 84 valence electrons. The first-order valence-corrected chi connectivity index (χ1v) is 4.43. The van der Waals surface area contributed by atoms with Gasteiger partial charge in [0.2, 0.25) is 0 Å². The van der Waals surface area contributed by atoms with E-state index in [1.165, 1.54) is 18.2 Å². The van der Waals surface area contributed by atoms with E-state index < -0.39 is 18.2 Å². The Morgan fingerprint density at radius 3 is 2.50 bits per heavy atom. The van der Waals surface area contributed by atoms with Crippen LogP contribution in [0.4, 0.5) is 0 Å². The van der Waals surface area contributed by atoms with Crippen molar-refractivity contribution in [1.29, 1.82) is 0 Å². The maximum Gasteiger partial charge on any atom is 0.311 e. The molecule has 0 fully saturated rings. The highest BCUT2D eigenvalue weighted by atomic mass is 16.4. The Labute approximate surface area is 91.3 Å². The quantitative estimate of drug-likeness (QED) is 0.524. The third kappa shape index (κ3) is 3.45. The number of hydrogen-bond donors (Lipinski definition) is 3. The Hall–Kier alpha value is -2.30. The number of rotatable bonds is 4. The molecule has 0 unspecified atom stereocenters. The fraction of sp³-hybridized carbons (Fsp3) is 0.0909. The number of carbonyl (C=O) groups excluding carboxylic acids is 1. The van der Waals surface area contributed by atoms with Crippen LogP contribution >= 0.6 is 0 Å². The molecule has 0 saturated heterocycles. The average Bonchev–Trinajstić information content (AvgIpc) is 2.15. The fourth-order valence-electron chi connectivity index (χ4n) is 1.06. The molecular formula is C11H10O5. The summed E-state index contributed by atoms with van der Waals surface area (Å²) in [5.41, 5.74) is 0.330. The Morgan fingerprint density at radius 2 is 1.94 bits per heavy atom. The fourth-order valence-corrected chi connectivity index (χ4v) is 1.06. The lowest BCUT2D eigenvalue weighted by molar-refractivity contribution is -0.139. The summed E-state index contributed by atoms with van der Waals surface area (Å²) in [5, 5.41) is 26.7. The minimum Gasteiger partial charge on any atom is -0.508 e. The van der Waals surface area contributed by atoms with Gasteiger partial charge in [0, 0.05) is 11.6 Å². The molecule has 3 N–H and O–H groups in total. The van der Waals surface area contributed by atoms with Gasteiger partial charge >= 0.3 is 5.97 Å². The zero-order chi connectivity index (χ0) is 12.1. The largest absolute Gasteiger partial charge is 0.508 e. The number of hydrogen-bond acceptors (Lipinski definition) is 4. The molecule has 5 nitrogen and oxygen atoms in total. The lowest BCUT2D eigenvalue weighted by Gasteiger charge is -1.98. The molecule has 0 aromatic heterocycles. The summed E-state index contributed by atoms with van der Waals surface area (Å²) in [6.07, 6.45) is 1.77. The van der Waals surface area contributed by atoms with Gasteiger partial charge in [-0.05, 0) is 24.3 Å². The van der Waals surface area contributed by atoms with Gasteiger partial charge in [-0.15, -0.1) is 0 Å². The molecule has 1 aromatic carbocycles. The first-order valence-electron chi connectivity index (χ1n) is 4.43. The number of aromatic hydroxyl groups is 2. The van der Waals surface area contributed by atoms with Gasteiger partial charge < -0.3 is 15.3 Å². The van der Waals surface area contributed by atoms with Crippen LogP contribution in [0.2, 0.25) is 0 Å². The van der Waals surface area contributed by atoms with E-state index in [2.05, 4.69) is 0 Å². The molecule has 5 heteroatoms. The molecule has 1 rings (SSSR count). The van der Waals surface area contributed by atoms with Crippen LogP contribution in [-0.2, 0) is 9.59 Å². The summed E-state index contributed by atoms with van der Waals surface area (Å²) in [4.78, 5) is 21.2. The first kappa shape index (κ1) is 11.8. The number of benzene rings is 1. The Bertz CT molecular complexity index is 448. The van der Waals surface area contributed by atoms with E-state index in [4.69, 9.17) is 10.2 Å². The first-order chi connectivity index (χ1) is 7.49. The van der Waals surface area contributed by atoms with E-state index in [0.717, 1.165) is 12.1 Å².